The number of hydrogen-bond acceptors (Lipinski definition) is 5. The highest BCUT2D eigenvalue weighted by Crippen LogP contribution is 2.43. The number of benzene rings is 4. The smallest absolute Gasteiger partial charge is 0.252 e. The number of hydrogen-bond donors (Lipinski definition) is 2. The van der Waals surface area contributed by atoms with Gasteiger partial charge in [0.1, 0.15) is 17.4 Å². The largest absolute Gasteiger partial charge is 0.494 e. The van der Waals surface area contributed by atoms with E-state index in [1.54, 1.807) is 24.3 Å². The summed E-state index contributed by atoms with van der Waals surface area (Å²) in [5, 5.41) is 11.8. The fraction of sp³-hybridized carbons (Fsp3) is 0.212. The van der Waals surface area contributed by atoms with Gasteiger partial charge in [0.15, 0.2) is 11.6 Å². The monoisotopic (exact) mass is 634 g/mol. The summed E-state index contributed by atoms with van der Waals surface area (Å²) in [6.07, 6.45) is -0.154. The number of carbonyl (C=O) groups excluding carboxylic acids is 1. The molecule has 4 aromatic carbocycles. The molecular formula is C33H29BrF2N2O4. The molecule has 1 heterocycles. The number of carbonyl (C=O) groups is 1. The molecule has 2 N–H and O–H groups in total. The van der Waals surface area contributed by atoms with Crippen molar-refractivity contribution in [2.75, 3.05) is 13.2 Å². The number of nitrogens with zero attached hydrogens (tertiary/aromatic N) is 1. The van der Waals surface area contributed by atoms with Crippen LogP contribution < -0.4 is 10.1 Å². The fourth-order valence-corrected chi connectivity index (χ4v) is 5.11. The van der Waals surface area contributed by atoms with Crippen molar-refractivity contribution in [2.45, 2.75) is 31.0 Å². The number of aliphatic hydroxyl groups is 1. The number of nitrogens with one attached hydrogen (secondary N) is 1. The molecule has 2 atom stereocenters. The number of ether oxygens (including phenoxy) is 2. The maximum absolute atomic E-state index is 14.4. The van der Waals surface area contributed by atoms with Crippen LogP contribution in [-0.4, -0.2) is 35.7 Å². The Bertz CT molecular complexity index is 1530. The molecule has 0 radical (unpaired) electrons. The van der Waals surface area contributed by atoms with Crippen LogP contribution in [0.1, 0.15) is 34.8 Å². The van der Waals surface area contributed by atoms with E-state index in [4.69, 9.17) is 19.6 Å². The second-order valence-electron chi connectivity index (χ2n) is 9.89. The Balaban J connectivity index is 1.55. The summed E-state index contributed by atoms with van der Waals surface area (Å²) in [6.45, 7) is 0.0584. The van der Waals surface area contributed by atoms with Gasteiger partial charge in [0, 0.05) is 41.6 Å². The first-order valence-corrected chi connectivity index (χ1v) is 14.3. The average Bonchev–Trinajstić information content (AvgIpc) is 3.38. The van der Waals surface area contributed by atoms with Crippen LogP contribution >= 0.6 is 15.9 Å². The fourth-order valence-electron chi connectivity index (χ4n) is 4.85. The number of aliphatic imine (C=N–C) groups is 1. The first kappa shape index (κ1) is 29.4. The molecule has 0 saturated heterocycles. The topological polar surface area (TPSA) is 80.2 Å². The SMILES string of the molecule is O=C(NCc1c(F)cccc1F)[C@]1(Cc2ccccc2)N=C(c2ccc(OCCCO)cc2)O[C@@H]1c1ccc(Br)cc1. The molecule has 6 nitrogen and oxygen atoms in total. The Morgan fingerprint density at radius 1 is 0.952 bits per heavy atom. The minimum Gasteiger partial charge on any atom is -0.494 e. The third-order valence-corrected chi connectivity index (χ3v) is 7.54. The average molecular weight is 636 g/mol. The Morgan fingerprint density at radius 2 is 1.64 bits per heavy atom. The molecule has 0 aliphatic carbocycles. The second kappa shape index (κ2) is 13.3. The summed E-state index contributed by atoms with van der Waals surface area (Å²) in [7, 11) is 0. The molecule has 0 bridgehead atoms. The van der Waals surface area contributed by atoms with Crippen LogP contribution in [0.15, 0.2) is 107 Å². The first-order valence-electron chi connectivity index (χ1n) is 13.5. The zero-order valence-corrected chi connectivity index (χ0v) is 24.2. The van der Waals surface area contributed by atoms with Gasteiger partial charge in [-0.15, -0.1) is 0 Å². The molecule has 42 heavy (non-hydrogen) atoms. The molecule has 9 heteroatoms. The number of aliphatic hydroxyl groups excluding tert-OH is 1. The van der Waals surface area contributed by atoms with Gasteiger partial charge in [-0.1, -0.05) is 64.5 Å². The molecule has 0 aromatic heterocycles. The Labute approximate surface area is 251 Å². The van der Waals surface area contributed by atoms with E-state index in [1.165, 1.54) is 6.07 Å². The lowest BCUT2D eigenvalue weighted by Crippen LogP contribution is -2.49. The van der Waals surface area contributed by atoms with Crippen molar-refractivity contribution in [3.05, 3.63) is 135 Å². The summed E-state index contributed by atoms with van der Waals surface area (Å²) in [5.41, 5.74) is 0.454. The maximum Gasteiger partial charge on any atom is 0.252 e. The van der Waals surface area contributed by atoms with Crippen LogP contribution in [-0.2, 0) is 22.5 Å². The van der Waals surface area contributed by atoms with Crippen molar-refractivity contribution >= 4 is 27.7 Å². The van der Waals surface area contributed by atoms with E-state index in [-0.39, 0.29) is 31.0 Å². The molecule has 5 rings (SSSR count). The van der Waals surface area contributed by atoms with Crippen LogP contribution in [0.4, 0.5) is 8.78 Å². The Hall–Kier alpha value is -4.08. The number of halogens is 3. The Kier molecular flexibility index (Phi) is 9.29. The molecule has 1 amide bonds. The van der Waals surface area contributed by atoms with Gasteiger partial charge in [0.25, 0.3) is 5.91 Å². The van der Waals surface area contributed by atoms with Crippen molar-refractivity contribution in [1.29, 1.82) is 0 Å². The minimum atomic E-state index is -1.50. The van der Waals surface area contributed by atoms with Crippen molar-refractivity contribution in [3.8, 4) is 5.75 Å². The first-order chi connectivity index (χ1) is 20.4. The Morgan fingerprint density at radius 3 is 2.31 bits per heavy atom. The van der Waals surface area contributed by atoms with Gasteiger partial charge in [-0.2, -0.15) is 0 Å². The highest BCUT2D eigenvalue weighted by molar-refractivity contribution is 9.10. The lowest BCUT2D eigenvalue weighted by Gasteiger charge is -2.31. The normalized spacial score (nSPS) is 17.8. The van der Waals surface area contributed by atoms with E-state index in [0.29, 0.717) is 29.9 Å². The summed E-state index contributed by atoms with van der Waals surface area (Å²) in [6, 6.07) is 27.6. The van der Waals surface area contributed by atoms with Gasteiger partial charge < -0.3 is 19.9 Å². The van der Waals surface area contributed by atoms with Gasteiger partial charge in [0.2, 0.25) is 5.90 Å². The highest BCUT2D eigenvalue weighted by Gasteiger charge is 2.53. The maximum atomic E-state index is 14.4. The van der Waals surface area contributed by atoms with E-state index in [0.717, 1.165) is 22.2 Å². The molecule has 1 aliphatic heterocycles. The van der Waals surface area contributed by atoms with E-state index in [1.807, 2.05) is 54.6 Å². The molecule has 0 saturated carbocycles. The van der Waals surface area contributed by atoms with E-state index < -0.39 is 29.2 Å². The zero-order valence-electron chi connectivity index (χ0n) is 22.6. The molecular weight excluding hydrogens is 606 g/mol. The van der Waals surface area contributed by atoms with Crippen LogP contribution in [0, 0.1) is 11.6 Å². The van der Waals surface area contributed by atoms with E-state index in [9.17, 15) is 13.6 Å². The second-order valence-corrected chi connectivity index (χ2v) is 10.8. The summed E-state index contributed by atoms with van der Waals surface area (Å²) >= 11 is 3.46. The third-order valence-electron chi connectivity index (χ3n) is 7.01. The van der Waals surface area contributed by atoms with Crippen molar-refractivity contribution in [3.63, 3.8) is 0 Å². The van der Waals surface area contributed by atoms with Crippen LogP contribution in [0.5, 0.6) is 5.75 Å². The van der Waals surface area contributed by atoms with E-state index >= 15 is 0 Å². The lowest BCUT2D eigenvalue weighted by atomic mass is 9.82. The number of rotatable bonds is 11. The van der Waals surface area contributed by atoms with Crippen LogP contribution in [0.2, 0.25) is 0 Å². The molecule has 4 aromatic rings. The lowest BCUT2D eigenvalue weighted by molar-refractivity contribution is -0.129. The molecule has 216 valence electrons. The zero-order chi connectivity index (χ0) is 29.5. The van der Waals surface area contributed by atoms with Gasteiger partial charge in [-0.25, -0.2) is 13.8 Å². The van der Waals surface area contributed by atoms with Crippen molar-refractivity contribution < 1.29 is 28.2 Å². The van der Waals surface area contributed by atoms with Gasteiger partial charge in [-0.05, 0) is 59.7 Å². The summed E-state index contributed by atoms with van der Waals surface area (Å²) < 4.78 is 41.9. The highest BCUT2D eigenvalue weighted by atomic mass is 79.9. The quantitative estimate of drug-likeness (QED) is 0.190. The third kappa shape index (κ3) is 6.53. The predicted octanol–water partition coefficient (Wildman–Crippen LogP) is 6.30. The van der Waals surface area contributed by atoms with Gasteiger partial charge in [-0.3, -0.25) is 4.79 Å². The van der Waals surface area contributed by atoms with Crippen LogP contribution in [0.3, 0.4) is 0 Å². The van der Waals surface area contributed by atoms with Gasteiger partial charge in [0.05, 0.1) is 6.61 Å². The number of amides is 1. The van der Waals surface area contributed by atoms with Crippen LogP contribution in [0.25, 0.3) is 0 Å². The molecule has 1 aliphatic rings. The predicted molar refractivity (Wildman–Crippen MR) is 159 cm³/mol. The van der Waals surface area contributed by atoms with E-state index in [2.05, 4.69) is 21.2 Å². The summed E-state index contributed by atoms with van der Waals surface area (Å²) in [5.74, 6) is -1.14. The minimum absolute atomic E-state index is 0.0370. The molecule has 0 fully saturated rings. The van der Waals surface area contributed by atoms with Gasteiger partial charge >= 0.3 is 0 Å². The molecule has 0 unspecified atom stereocenters. The van der Waals surface area contributed by atoms with Crippen molar-refractivity contribution in [2.24, 2.45) is 4.99 Å². The molecule has 0 spiro atoms. The van der Waals surface area contributed by atoms with Crippen molar-refractivity contribution in [1.82, 2.24) is 5.32 Å². The standard InChI is InChI=1S/C33H29BrF2N2O4/c34-25-14-10-23(11-15-25)30-33(20-22-6-2-1-3-7-22,32(40)37-21-27-28(35)8-4-9-29(27)36)38-31(42-30)24-12-16-26(17-13-24)41-19-5-18-39/h1-4,6-17,30,39H,5,18-21H2,(H,37,40)/t30-,33-/m1/s1. The summed E-state index contributed by atoms with van der Waals surface area (Å²) in [4.78, 5) is 19.1.